The molecule has 0 aliphatic carbocycles. The summed E-state index contributed by atoms with van der Waals surface area (Å²) in [6.45, 7) is 6.89. The molecular weight excluding hydrogens is 360 g/mol. The van der Waals surface area contributed by atoms with Gasteiger partial charge in [0.25, 0.3) is 0 Å². The monoisotopic (exact) mass is 390 g/mol. The lowest BCUT2D eigenvalue weighted by atomic mass is 9.89. The van der Waals surface area contributed by atoms with Crippen LogP contribution in [-0.2, 0) is 9.53 Å². The fourth-order valence-corrected chi connectivity index (χ4v) is 3.84. The third-order valence-electron chi connectivity index (χ3n) is 4.94. The van der Waals surface area contributed by atoms with Crippen molar-refractivity contribution in [1.29, 1.82) is 0 Å². The molecule has 1 aromatic carbocycles. The number of rotatable bonds is 8. The molecule has 1 aliphatic rings. The molecule has 1 amide bonds. The minimum atomic E-state index is -0.0913. The maximum atomic E-state index is 11.5. The smallest absolute Gasteiger partial charge is 0.245 e. The second-order valence-corrected chi connectivity index (χ2v) is 7.41. The van der Waals surface area contributed by atoms with Crippen LogP contribution in [0.1, 0.15) is 50.2 Å². The van der Waals surface area contributed by atoms with Gasteiger partial charge in [0.2, 0.25) is 5.91 Å². The standard InChI is InChI=1S/C22H31ClN2O2/c1-4-6-19(16(2)10-12-25-22(26)15-27-3)17-8-9-20(21(23)13-17)18-7-5-11-24-14-18/h4,6,8-9,13,18,24H,5,7,10-12,14-15H2,1-3H3,(H,25,26)/b6-4-,19-16-/t18-/m1/s1. The fourth-order valence-electron chi connectivity index (χ4n) is 3.50. The van der Waals surface area contributed by atoms with E-state index in [1.807, 2.05) is 13.0 Å². The van der Waals surface area contributed by atoms with Gasteiger partial charge >= 0.3 is 0 Å². The molecule has 0 unspecified atom stereocenters. The summed E-state index contributed by atoms with van der Waals surface area (Å²) in [5.41, 5.74) is 4.73. The molecular formula is C22H31ClN2O2. The number of carbonyl (C=O) groups excluding carboxylic acids is 1. The molecule has 148 valence electrons. The molecule has 1 aliphatic heterocycles. The molecule has 4 nitrogen and oxygen atoms in total. The van der Waals surface area contributed by atoms with Crippen LogP contribution in [0.15, 0.2) is 35.9 Å². The summed E-state index contributed by atoms with van der Waals surface area (Å²) in [7, 11) is 1.52. The molecule has 1 atom stereocenters. The molecule has 1 aromatic rings. The van der Waals surface area contributed by atoms with Crippen LogP contribution in [0.25, 0.3) is 5.57 Å². The van der Waals surface area contributed by atoms with E-state index in [4.69, 9.17) is 16.3 Å². The first kappa shape index (κ1) is 21.7. The summed E-state index contributed by atoms with van der Waals surface area (Å²) < 4.78 is 4.84. The first-order chi connectivity index (χ1) is 13.1. The molecule has 2 rings (SSSR count). The summed E-state index contributed by atoms with van der Waals surface area (Å²) in [6, 6.07) is 6.42. The maximum absolute atomic E-state index is 11.5. The maximum Gasteiger partial charge on any atom is 0.245 e. The predicted octanol–water partition coefficient (Wildman–Crippen LogP) is 4.31. The number of hydrogen-bond donors (Lipinski definition) is 2. The molecule has 1 fully saturated rings. The molecule has 0 aromatic heterocycles. The van der Waals surface area contributed by atoms with Gasteiger partial charge in [-0.25, -0.2) is 0 Å². The number of halogens is 1. The average Bonchev–Trinajstić information content (AvgIpc) is 2.67. The van der Waals surface area contributed by atoms with Crippen LogP contribution in [0, 0.1) is 0 Å². The van der Waals surface area contributed by atoms with E-state index in [2.05, 4.69) is 41.8 Å². The Hall–Kier alpha value is -1.62. The first-order valence-corrected chi connectivity index (χ1v) is 10.0. The van der Waals surface area contributed by atoms with E-state index >= 15 is 0 Å². The van der Waals surface area contributed by atoms with Crippen molar-refractivity contribution >= 4 is 23.1 Å². The first-order valence-electron chi connectivity index (χ1n) is 9.65. The lowest BCUT2D eigenvalue weighted by Gasteiger charge is -2.24. The van der Waals surface area contributed by atoms with Crippen LogP contribution in [-0.4, -0.2) is 39.3 Å². The zero-order valence-corrected chi connectivity index (χ0v) is 17.4. The Kier molecular flexibility index (Phi) is 9.05. The van der Waals surface area contributed by atoms with Gasteiger partial charge in [-0.2, -0.15) is 0 Å². The number of nitrogens with one attached hydrogen (secondary N) is 2. The Bertz CT molecular complexity index is 692. The second kappa shape index (κ2) is 11.3. The highest BCUT2D eigenvalue weighted by Crippen LogP contribution is 2.33. The molecule has 2 N–H and O–H groups in total. The topological polar surface area (TPSA) is 50.4 Å². The van der Waals surface area contributed by atoms with Crippen molar-refractivity contribution < 1.29 is 9.53 Å². The Labute approximate surface area is 168 Å². The number of amides is 1. The minimum Gasteiger partial charge on any atom is -0.375 e. The van der Waals surface area contributed by atoms with Crippen molar-refractivity contribution in [3.8, 4) is 0 Å². The van der Waals surface area contributed by atoms with E-state index in [0.29, 0.717) is 12.5 Å². The molecule has 1 heterocycles. The molecule has 0 spiro atoms. The summed E-state index contributed by atoms with van der Waals surface area (Å²) in [5, 5.41) is 7.16. The van der Waals surface area contributed by atoms with Crippen LogP contribution in [0.5, 0.6) is 0 Å². The van der Waals surface area contributed by atoms with Crippen molar-refractivity contribution in [1.82, 2.24) is 10.6 Å². The van der Waals surface area contributed by atoms with Gasteiger partial charge < -0.3 is 15.4 Å². The largest absolute Gasteiger partial charge is 0.375 e. The number of piperidine rings is 1. The average molecular weight is 391 g/mol. The van der Waals surface area contributed by atoms with E-state index in [0.717, 1.165) is 35.7 Å². The Morgan fingerprint density at radius 2 is 2.26 bits per heavy atom. The number of benzene rings is 1. The molecule has 5 heteroatoms. The summed E-state index contributed by atoms with van der Waals surface area (Å²) in [6.07, 6.45) is 7.31. The third-order valence-corrected chi connectivity index (χ3v) is 5.27. The van der Waals surface area contributed by atoms with Crippen molar-refractivity contribution in [2.45, 2.75) is 39.0 Å². The van der Waals surface area contributed by atoms with Crippen molar-refractivity contribution in [3.63, 3.8) is 0 Å². The van der Waals surface area contributed by atoms with Crippen molar-refractivity contribution in [2.24, 2.45) is 0 Å². The van der Waals surface area contributed by atoms with Crippen LogP contribution < -0.4 is 10.6 Å². The van der Waals surface area contributed by atoms with Crippen LogP contribution in [0.2, 0.25) is 5.02 Å². The summed E-state index contributed by atoms with van der Waals surface area (Å²) in [4.78, 5) is 11.5. The predicted molar refractivity (Wildman–Crippen MR) is 113 cm³/mol. The summed E-state index contributed by atoms with van der Waals surface area (Å²) >= 11 is 6.65. The van der Waals surface area contributed by atoms with Crippen molar-refractivity contribution in [2.75, 3.05) is 33.4 Å². The molecule has 0 bridgehead atoms. The highest BCUT2D eigenvalue weighted by molar-refractivity contribution is 6.31. The Morgan fingerprint density at radius 1 is 1.44 bits per heavy atom. The van der Waals surface area contributed by atoms with Crippen molar-refractivity contribution in [3.05, 3.63) is 52.1 Å². The van der Waals surface area contributed by atoms with Gasteiger partial charge in [0.05, 0.1) is 0 Å². The van der Waals surface area contributed by atoms with E-state index in [1.165, 1.54) is 31.1 Å². The van der Waals surface area contributed by atoms with E-state index < -0.39 is 0 Å². The number of allylic oxidation sites excluding steroid dienone is 3. The zero-order valence-electron chi connectivity index (χ0n) is 16.6. The zero-order chi connectivity index (χ0) is 19.6. The SMILES string of the molecule is C/C=C\C(=C(/C)CCNC(=O)COC)c1ccc([C@@H]2CCCNC2)c(Cl)c1. The van der Waals surface area contributed by atoms with Crippen LogP contribution >= 0.6 is 11.6 Å². The van der Waals surface area contributed by atoms with E-state index in [9.17, 15) is 4.79 Å². The highest BCUT2D eigenvalue weighted by atomic mass is 35.5. The second-order valence-electron chi connectivity index (χ2n) is 7.01. The lowest BCUT2D eigenvalue weighted by Crippen LogP contribution is -2.28. The number of hydrogen-bond acceptors (Lipinski definition) is 3. The van der Waals surface area contributed by atoms with Crippen LogP contribution in [0.3, 0.4) is 0 Å². The Balaban J connectivity index is 2.14. The molecule has 0 radical (unpaired) electrons. The van der Waals surface area contributed by atoms with Gasteiger partial charge in [-0.1, -0.05) is 41.5 Å². The van der Waals surface area contributed by atoms with Gasteiger partial charge in [0, 0.05) is 25.2 Å². The van der Waals surface area contributed by atoms with Gasteiger partial charge in [0.1, 0.15) is 6.61 Å². The fraction of sp³-hybridized carbons (Fsp3) is 0.500. The number of methoxy groups -OCH3 is 1. The van der Waals surface area contributed by atoms with Crippen LogP contribution in [0.4, 0.5) is 0 Å². The van der Waals surface area contributed by atoms with Gasteiger partial charge in [0.15, 0.2) is 0 Å². The third kappa shape index (κ3) is 6.49. The quantitative estimate of drug-likeness (QED) is 0.650. The van der Waals surface area contributed by atoms with Gasteiger partial charge in [-0.05, 0) is 68.3 Å². The Morgan fingerprint density at radius 3 is 2.89 bits per heavy atom. The molecule has 1 saturated heterocycles. The van der Waals surface area contributed by atoms with E-state index in [1.54, 1.807) is 0 Å². The summed E-state index contributed by atoms with van der Waals surface area (Å²) in [5.74, 6) is 0.401. The lowest BCUT2D eigenvalue weighted by molar-refractivity contribution is -0.124. The normalized spacial score (nSPS) is 18.4. The number of carbonyl (C=O) groups is 1. The molecule has 0 saturated carbocycles. The highest BCUT2D eigenvalue weighted by Gasteiger charge is 2.18. The van der Waals surface area contributed by atoms with Gasteiger partial charge in [-0.15, -0.1) is 0 Å². The number of ether oxygens (including phenoxy) is 1. The van der Waals surface area contributed by atoms with E-state index in [-0.39, 0.29) is 12.5 Å². The minimum absolute atomic E-state index is 0.0913. The molecule has 27 heavy (non-hydrogen) atoms. The van der Waals surface area contributed by atoms with Gasteiger partial charge in [-0.3, -0.25) is 4.79 Å².